The number of nitrogens with one attached hydrogen (secondary N) is 1. The van der Waals surface area contributed by atoms with Crippen LogP contribution in [0.15, 0.2) is 0 Å². The summed E-state index contributed by atoms with van der Waals surface area (Å²) in [5.74, 6) is -0.0702. The van der Waals surface area contributed by atoms with Gasteiger partial charge in [0.25, 0.3) is 0 Å². The summed E-state index contributed by atoms with van der Waals surface area (Å²) in [6.45, 7) is 7.09. The Morgan fingerprint density at radius 3 is 2.35 bits per heavy atom. The Balaban J connectivity index is 2.28. The van der Waals surface area contributed by atoms with E-state index in [1.807, 2.05) is 20.8 Å². The first kappa shape index (κ1) is 17.2. The maximum atomic E-state index is 11.9. The molecule has 1 saturated heterocycles. The third kappa shape index (κ3) is 7.06. The van der Waals surface area contributed by atoms with Crippen molar-refractivity contribution >= 4 is 16.1 Å². The number of likely N-dealkylation sites (tertiary alicyclic amines) is 1. The van der Waals surface area contributed by atoms with E-state index in [-0.39, 0.29) is 17.9 Å². The van der Waals surface area contributed by atoms with E-state index in [0.717, 1.165) is 12.8 Å². The van der Waals surface area contributed by atoms with Crippen LogP contribution in [0.2, 0.25) is 0 Å². The second-order valence-corrected chi connectivity index (χ2v) is 7.80. The molecule has 0 saturated carbocycles. The smallest absolute Gasteiger partial charge is 0.410 e. The average Bonchev–Trinajstić information content (AvgIpc) is 2.25. The molecule has 0 unspecified atom stereocenters. The highest BCUT2D eigenvalue weighted by Crippen LogP contribution is 2.15. The number of hydrogen-bond acceptors (Lipinski definition) is 5. The first-order chi connectivity index (χ1) is 9.07. The van der Waals surface area contributed by atoms with Gasteiger partial charge in [0.1, 0.15) is 5.60 Å². The number of amides is 1. The number of nitrogens with two attached hydrogens (primary N) is 1. The Hall–Kier alpha value is -0.860. The van der Waals surface area contributed by atoms with E-state index in [4.69, 9.17) is 9.88 Å². The maximum Gasteiger partial charge on any atom is 0.410 e. The highest BCUT2D eigenvalue weighted by molar-refractivity contribution is 7.89. The van der Waals surface area contributed by atoms with Gasteiger partial charge in [0.05, 0.1) is 5.75 Å². The van der Waals surface area contributed by atoms with Crippen LogP contribution in [-0.2, 0) is 14.8 Å². The Morgan fingerprint density at radius 1 is 1.35 bits per heavy atom. The van der Waals surface area contributed by atoms with E-state index < -0.39 is 15.6 Å². The molecule has 8 heteroatoms. The fraction of sp³-hybridized carbons (Fsp3) is 0.917. The van der Waals surface area contributed by atoms with Crippen molar-refractivity contribution in [3.63, 3.8) is 0 Å². The number of sulfonamides is 1. The zero-order chi connectivity index (χ0) is 15.4. The molecule has 0 atom stereocenters. The molecule has 0 aromatic rings. The number of carbonyl (C=O) groups is 1. The lowest BCUT2D eigenvalue weighted by Crippen LogP contribution is -2.47. The number of carbonyl (C=O) groups excluding carboxylic acids is 1. The molecular weight excluding hydrogens is 282 g/mol. The molecule has 0 radical (unpaired) electrons. The summed E-state index contributed by atoms with van der Waals surface area (Å²) in [6, 6.07) is 0.218. The number of hydrogen-bond donors (Lipinski definition) is 2. The number of primary sulfonamides is 1. The summed E-state index contributed by atoms with van der Waals surface area (Å²) in [7, 11) is -3.42. The zero-order valence-corrected chi connectivity index (χ0v) is 13.2. The predicted molar refractivity (Wildman–Crippen MR) is 76.8 cm³/mol. The summed E-state index contributed by atoms with van der Waals surface area (Å²) in [6.07, 6.45) is 1.27. The molecule has 1 aliphatic rings. The second kappa shape index (κ2) is 6.73. The minimum Gasteiger partial charge on any atom is -0.444 e. The predicted octanol–water partition coefficient (Wildman–Crippen LogP) is 0.264. The van der Waals surface area contributed by atoms with Gasteiger partial charge < -0.3 is 15.0 Å². The summed E-state index contributed by atoms with van der Waals surface area (Å²) in [5.41, 5.74) is -0.484. The van der Waals surface area contributed by atoms with Crippen LogP contribution in [0.3, 0.4) is 0 Å². The molecule has 0 aromatic carbocycles. The lowest BCUT2D eigenvalue weighted by Gasteiger charge is -2.33. The fourth-order valence-electron chi connectivity index (χ4n) is 2.00. The molecule has 20 heavy (non-hydrogen) atoms. The molecule has 0 bridgehead atoms. The van der Waals surface area contributed by atoms with Crippen LogP contribution in [0, 0.1) is 0 Å². The normalized spacial score (nSPS) is 18.1. The minimum absolute atomic E-state index is 0.0702. The van der Waals surface area contributed by atoms with Gasteiger partial charge in [0.2, 0.25) is 10.0 Å². The molecule has 1 fully saturated rings. The minimum atomic E-state index is -3.42. The van der Waals surface area contributed by atoms with Gasteiger partial charge in [-0.2, -0.15) is 0 Å². The average molecular weight is 307 g/mol. The van der Waals surface area contributed by atoms with Crippen LogP contribution in [0.5, 0.6) is 0 Å². The van der Waals surface area contributed by atoms with Gasteiger partial charge >= 0.3 is 6.09 Å². The van der Waals surface area contributed by atoms with Crippen molar-refractivity contribution in [1.82, 2.24) is 10.2 Å². The van der Waals surface area contributed by atoms with Gasteiger partial charge in [0.15, 0.2) is 0 Å². The Bertz CT molecular complexity index is 422. The van der Waals surface area contributed by atoms with Crippen LogP contribution in [-0.4, -0.2) is 56.4 Å². The van der Waals surface area contributed by atoms with Crippen molar-refractivity contribution < 1.29 is 17.9 Å². The molecular formula is C12H25N3O4S. The van der Waals surface area contributed by atoms with E-state index in [9.17, 15) is 13.2 Å². The van der Waals surface area contributed by atoms with Crippen LogP contribution in [0.1, 0.15) is 33.6 Å². The quantitative estimate of drug-likeness (QED) is 0.776. The molecule has 0 aromatic heterocycles. The summed E-state index contributed by atoms with van der Waals surface area (Å²) in [5, 5.41) is 8.08. The van der Waals surface area contributed by atoms with E-state index >= 15 is 0 Å². The molecule has 7 nitrogen and oxygen atoms in total. The van der Waals surface area contributed by atoms with Crippen LogP contribution in [0.25, 0.3) is 0 Å². The molecule has 1 heterocycles. The molecule has 1 aliphatic heterocycles. The molecule has 1 rings (SSSR count). The monoisotopic (exact) mass is 307 g/mol. The van der Waals surface area contributed by atoms with Crippen LogP contribution < -0.4 is 10.5 Å². The van der Waals surface area contributed by atoms with Gasteiger partial charge in [-0.05, 0) is 33.6 Å². The SMILES string of the molecule is CC(C)(C)OC(=O)N1CCC(NCCS(N)(=O)=O)CC1. The first-order valence-electron chi connectivity index (χ1n) is 6.78. The number of piperidine rings is 1. The topological polar surface area (TPSA) is 102 Å². The Labute approximate surface area is 120 Å². The summed E-state index contributed by atoms with van der Waals surface area (Å²) in [4.78, 5) is 13.5. The second-order valence-electron chi connectivity index (χ2n) is 6.06. The summed E-state index contributed by atoms with van der Waals surface area (Å²) >= 11 is 0. The highest BCUT2D eigenvalue weighted by atomic mass is 32.2. The van der Waals surface area contributed by atoms with E-state index in [1.165, 1.54) is 0 Å². The lowest BCUT2D eigenvalue weighted by atomic mass is 10.1. The van der Waals surface area contributed by atoms with Crippen molar-refractivity contribution in [3.8, 4) is 0 Å². The van der Waals surface area contributed by atoms with Crippen molar-refractivity contribution in [2.24, 2.45) is 5.14 Å². The number of ether oxygens (including phenoxy) is 1. The molecule has 1 amide bonds. The van der Waals surface area contributed by atoms with Crippen LogP contribution >= 0.6 is 0 Å². The standard InChI is InChI=1S/C12H25N3O4S/c1-12(2,3)19-11(16)15-7-4-10(5-8-15)14-6-9-20(13,17)18/h10,14H,4-9H2,1-3H3,(H2,13,17,18). The lowest BCUT2D eigenvalue weighted by molar-refractivity contribution is 0.0199. The van der Waals surface area contributed by atoms with E-state index in [2.05, 4.69) is 5.32 Å². The first-order valence-corrected chi connectivity index (χ1v) is 8.50. The third-order valence-electron chi connectivity index (χ3n) is 2.97. The van der Waals surface area contributed by atoms with Gasteiger partial charge in [-0.15, -0.1) is 0 Å². The molecule has 3 N–H and O–H groups in total. The van der Waals surface area contributed by atoms with Crippen molar-refractivity contribution in [3.05, 3.63) is 0 Å². The largest absolute Gasteiger partial charge is 0.444 e. The van der Waals surface area contributed by atoms with Crippen molar-refractivity contribution in [2.45, 2.75) is 45.3 Å². The Morgan fingerprint density at radius 2 is 1.90 bits per heavy atom. The van der Waals surface area contributed by atoms with Crippen molar-refractivity contribution in [2.75, 3.05) is 25.4 Å². The molecule has 118 valence electrons. The van der Waals surface area contributed by atoms with Gasteiger partial charge in [0, 0.05) is 25.7 Å². The number of rotatable bonds is 4. The Kier molecular flexibility index (Phi) is 5.79. The van der Waals surface area contributed by atoms with E-state index in [0.29, 0.717) is 19.6 Å². The van der Waals surface area contributed by atoms with Gasteiger partial charge in [-0.3, -0.25) is 0 Å². The van der Waals surface area contributed by atoms with Gasteiger partial charge in [-0.25, -0.2) is 18.4 Å². The summed E-state index contributed by atoms with van der Waals surface area (Å²) < 4.78 is 26.9. The van der Waals surface area contributed by atoms with E-state index in [1.54, 1.807) is 4.90 Å². The van der Waals surface area contributed by atoms with Crippen molar-refractivity contribution in [1.29, 1.82) is 0 Å². The number of nitrogens with zero attached hydrogens (tertiary/aromatic N) is 1. The highest BCUT2D eigenvalue weighted by Gasteiger charge is 2.26. The molecule has 0 aliphatic carbocycles. The van der Waals surface area contributed by atoms with Gasteiger partial charge in [-0.1, -0.05) is 0 Å². The third-order valence-corrected chi connectivity index (χ3v) is 3.74. The maximum absolute atomic E-state index is 11.9. The fourth-order valence-corrected chi connectivity index (χ4v) is 2.40. The molecule has 0 spiro atoms. The zero-order valence-electron chi connectivity index (χ0n) is 12.4. The van der Waals surface area contributed by atoms with Crippen LogP contribution in [0.4, 0.5) is 4.79 Å².